The van der Waals surface area contributed by atoms with Crippen LogP contribution in [0, 0.1) is 6.85 Å². The first-order valence-electron chi connectivity index (χ1n) is 11.5. The van der Waals surface area contributed by atoms with Gasteiger partial charge in [0.05, 0.1) is 28.1 Å². The molecule has 0 saturated heterocycles. The van der Waals surface area contributed by atoms with Crippen LogP contribution in [0.3, 0.4) is 0 Å². The number of rotatable bonds is 3. The van der Waals surface area contributed by atoms with Gasteiger partial charge in [0.1, 0.15) is 5.82 Å². The van der Waals surface area contributed by atoms with E-state index in [4.69, 9.17) is 9.10 Å². The van der Waals surface area contributed by atoms with Gasteiger partial charge in [0, 0.05) is 15.2 Å². The first-order valence-corrected chi connectivity index (χ1v) is 9.99. The topological polar surface area (TPSA) is 48.0 Å². The van der Waals surface area contributed by atoms with Gasteiger partial charge in [-0.2, -0.15) is 9.78 Å². The third-order valence-electron chi connectivity index (χ3n) is 5.34. The molecule has 6 aromatic rings. The van der Waals surface area contributed by atoms with Crippen molar-refractivity contribution in [2.45, 2.75) is 6.85 Å². The minimum absolute atomic E-state index is 0.0224. The number of aromatic nitrogens is 5. The Labute approximate surface area is 183 Å². The SMILES string of the molecule is [2H]C([2H])([2H])c1nn(-c2cccc(-c3cccc(-c4ccccc4)n3)c2)c2nc3ccccc3n12. The van der Waals surface area contributed by atoms with Crippen molar-refractivity contribution in [1.82, 2.24) is 24.1 Å². The number of para-hydroxylation sites is 2. The molecule has 3 aromatic heterocycles. The molecule has 0 atom stereocenters. The monoisotopic (exact) mass is 404 g/mol. The molecule has 3 heterocycles. The molecule has 5 nitrogen and oxygen atoms in total. The fourth-order valence-electron chi connectivity index (χ4n) is 3.88. The van der Waals surface area contributed by atoms with Crippen molar-refractivity contribution in [1.29, 1.82) is 0 Å². The molecule has 0 amide bonds. The van der Waals surface area contributed by atoms with Crippen LogP contribution in [0.5, 0.6) is 0 Å². The highest BCUT2D eigenvalue weighted by molar-refractivity contribution is 5.80. The smallest absolute Gasteiger partial charge is 0.238 e. The van der Waals surface area contributed by atoms with Gasteiger partial charge in [0.15, 0.2) is 0 Å². The number of pyridine rings is 1. The normalized spacial score (nSPS) is 13.2. The molecule has 0 spiro atoms. The minimum Gasteiger partial charge on any atom is -0.263 e. The van der Waals surface area contributed by atoms with Crippen LogP contribution < -0.4 is 0 Å². The van der Waals surface area contributed by atoms with Gasteiger partial charge in [-0.15, -0.1) is 0 Å². The van der Waals surface area contributed by atoms with Gasteiger partial charge in [-0.25, -0.2) is 9.97 Å². The third-order valence-corrected chi connectivity index (χ3v) is 5.34. The molecule has 0 aliphatic heterocycles. The summed E-state index contributed by atoms with van der Waals surface area (Å²) in [7, 11) is 0. The summed E-state index contributed by atoms with van der Waals surface area (Å²) >= 11 is 0. The summed E-state index contributed by atoms with van der Waals surface area (Å²) in [5.41, 5.74) is 5.78. The van der Waals surface area contributed by atoms with Gasteiger partial charge in [0.2, 0.25) is 5.78 Å². The molecule has 0 saturated carbocycles. The number of hydrogen-bond acceptors (Lipinski definition) is 3. The second-order valence-corrected chi connectivity index (χ2v) is 7.30. The number of fused-ring (bicyclic) bond motifs is 3. The van der Waals surface area contributed by atoms with Crippen LogP contribution in [0.25, 0.3) is 45.0 Å². The van der Waals surface area contributed by atoms with Gasteiger partial charge in [-0.3, -0.25) is 4.40 Å². The van der Waals surface area contributed by atoms with Gasteiger partial charge in [-0.05, 0) is 43.3 Å². The van der Waals surface area contributed by atoms with Crippen molar-refractivity contribution in [3.8, 4) is 28.2 Å². The Kier molecular flexibility index (Phi) is 3.28. The maximum atomic E-state index is 8.03. The molecule has 5 heteroatoms. The number of imidazole rings is 1. The van der Waals surface area contributed by atoms with Crippen LogP contribution in [-0.4, -0.2) is 24.1 Å². The van der Waals surface area contributed by atoms with Crippen molar-refractivity contribution in [2.24, 2.45) is 0 Å². The Morgan fingerprint density at radius 3 is 2.32 bits per heavy atom. The van der Waals surface area contributed by atoms with Crippen molar-refractivity contribution in [3.05, 3.63) is 103 Å². The van der Waals surface area contributed by atoms with Crippen LogP contribution in [0.4, 0.5) is 0 Å². The van der Waals surface area contributed by atoms with E-state index in [9.17, 15) is 0 Å². The third kappa shape index (κ3) is 2.90. The van der Waals surface area contributed by atoms with Gasteiger partial charge < -0.3 is 0 Å². The van der Waals surface area contributed by atoms with E-state index < -0.39 is 6.85 Å². The van der Waals surface area contributed by atoms with Crippen molar-refractivity contribution >= 4 is 16.8 Å². The van der Waals surface area contributed by atoms with Crippen molar-refractivity contribution in [2.75, 3.05) is 0 Å². The molecular formula is C26H19N5. The first-order chi connectivity index (χ1) is 16.5. The zero-order chi connectivity index (χ0) is 23.3. The fraction of sp³-hybridized carbons (Fsp3) is 0.0385. The van der Waals surface area contributed by atoms with Crippen molar-refractivity contribution < 1.29 is 4.11 Å². The lowest BCUT2D eigenvalue weighted by atomic mass is 10.1. The molecule has 6 rings (SSSR count). The van der Waals surface area contributed by atoms with Crippen LogP contribution in [-0.2, 0) is 0 Å². The van der Waals surface area contributed by atoms with Crippen LogP contribution >= 0.6 is 0 Å². The second-order valence-electron chi connectivity index (χ2n) is 7.30. The highest BCUT2D eigenvalue weighted by atomic mass is 15.4. The molecule has 0 radical (unpaired) electrons. The Bertz CT molecular complexity index is 1650. The van der Waals surface area contributed by atoms with E-state index in [1.165, 1.54) is 0 Å². The van der Waals surface area contributed by atoms with Crippen LogP contribution in [0.1, 0.15) is 9.94 Å². The lowest BCUT2D eigenvalue weighted by Gasteiger charge is -2.07. The first kappa shape index (κ1) is 14.7. The number of benzene rings is 3. The van der Waals surface area contributed by atoms with Gasteiger partial charge >= 0.3 is 0 Å². The lowest BCUT2D eigenvalue weighted by molar-refractivity contribution is 0.877. The number of aryl methyl sites for hydroxylation is 1. The highest BCUT2D eigenvalue weighted by Gasteiger charge is 2.15. The predicted octanol–water partition coefficient (Wildman–Crippen LogP) is 5.71. The van der Waals surface area contributed by atoms with E-state index in [-0.39, 0.29) is 5.82 Å². The quantitative estimate of drug-likeness (QED) is 0.379. The molecule has 0 N–H and O–H groups in total. The Hall–Kier alpha value is -4.25. The van der Waals surface area contributed by atoms with Crippen LogP contribution in [0.15, 0.2) is 97.1 Å². The van der Waals surface area contributed by atoms with E-state index in [1.54, 1.807) is 9.08 Å². The summed E-state index contributed by atoms with van der Waals surface area (Å²) in [5.74, 6) is 0.432. The predicted molar refractivity (Wildman–Crippen MR) is 123 cm³/mol. The van der Waals surface area contributed by atoms with E-state index in [1.807, 2.05) is 97.1 Å². The largest absolute Gasteiger partial charge is 0.263 e. The molecule has 31 heavy (non-hydrogen) atoms. The van der Waals surface area contributed by atoms with Gasteiger partial charge in [0.25, 0.3) is 0 Å². The van der Waals surface area contributed by atoms with E-state index in [0.29, 0.717) is 22.5 Å². The van der Waals surface area contributed by atoms with E-state index >= 15 is 0 Å². The Balaban J connectivity index is 1.51. The standard InChI is InChI=1S/C26H19N5/c1-18-29-31(26-28-24-13-5-6-16-25(24)30(18)26)21-12-7-11-20(17-21)23-15-8-14-22(27-23)19-9-3-2-4-10-19/h2-17H,1H3/i1D3. The zero-order valence-corrected chi connectivity index (χ0v) is 16.5. The summed E-state index contributed by atoms with van der Waals surface area (Å²) in [6.45, 7) is -2.39. The number of hydrogen-bond donors (Lipinski definition) is 0. The highest BCUT2D eigenvalue weighted by Crippen LogP contribution is 2.26. The molecule has 0 bridgehead atoms. The molecule has 148 valence electrons. The van der Waals surface area contributed by atoms with Crippen molar-refractivity contribution in [3.63, 3.8) is 0 Å². The molecule has 0 fully saturated rings. The average molecular weight is 404 g/mol. The molecule has 0 aliphatic carbocycles. The summed E-state index contributed by atoms with van der Waals surface area (Å²) in [6, 6.07) is 31.2. The van der Waals surface area contributed by atoms with Crippen LogP contribution in [0.2, 0.25) is 0 Å². The summed E-state index contributed by atoms with van der Waals surface area (Å²) in [5, 5.41) is 4.48. The molecule has 0 aliphatic rings. The number of nitrogens with zero attached hydrogens (tertiary/aromatic N) is 5. The molecule has 3 aromatic carbocycles. The maximum absolute atomic E-state index is 8.03. The molecular weight excluding hydrogens is 382 g/mol. The maximum Gasteiger partial charge on any atom is 0.238 e. The summed E-state index contributed by atoms with van der Waals surface area (Å²) < 4.78 is 27.3. The Morgan fingerprint density at radius 1 is 0.710 bits per heavy atom. The second kappa shape index (κ2) is 6.92. The average Bonchev–Trinajstić information content (AvgIpc) is 3.42. The minimum atomic E-state index is -2.39. The Morgan fingerprint density at radius 2 is 1.45 bits per heavy atom. The van der Waals surface area contributed by atoms with Gasteiger partial charge in [-0.1, -0.05) is 60.7 Å². The summed E-state index contributed by atoms with van der Waals surface area (Å²) in [4.78, 5) is 9.53. The van der Waals surface area contributed by atoms with E-state index in [0.717, 1.165) is 22.5 Å². The zero-order valence-electron chi connectivity index (χ0n) is 19.5. The fourth-order valence-corrected chi connectivity index (χ4v) is 3.88. The summed E-state index contributed by atoms with van der Waals surface area (Å²) in [6.07, 6.45) is 0. The molecule has 0 unspecified atom stereocenters. The lowest BCUT2D eigenvalue weighted by Crippen LogP contribution is -1.98. The van der Waals surface area contributed by atoms with E-state index in [2.05, 4.69) is 10.1 Å².